The minimum atomic E-state index is -0.227. The summed E-state index contributed by atoms with van der Waals surface area (Å²) < 4.78 is 0. The van der Waals surface area contributed by atoms with Crippen LogP contribution in [0.4, 0.5) is 5.69 Å². The molecule has 2 rings (SSSR count). The van der Waals surface area contributed by atoms with Crippen molar-refractivity contribution >= 4 is 41.5 Å². The van der Waals surface area contributed by atoms with Crippen LogP contribution in [0.2, 0.25) is 5.02 Å². The molecule has 128 valence electrons. The molecule has 1 fully saturated rings. The van der Waals surface area contributed by atoms with Crippen molar-refractivity contribution < 1.29 is 9.59 Å². The van der Waals surface area contributed by atoms with E-state index in [0.29, 0.717) is 29.2 Å². The molecule has 0 radical (unpaired) electrons. The Labute approximate surface area is 147 Å². The maximum absolute atomic E-state index is 12.4. The van der Waals surface area contributed by atoms with E-state index in [1.807, 2.05) is 6.92 Å². The smallest absolute Gasteiger partial charge is 0.253 e. The third kappa shape index (κ3) is 5.37. The summed E-state index contributed by atoms with van der Waals surface area (Å²) >= 11 is 5.99. The Balaban J connectivity index is 0.00000264. The zero-order valence-corrected chi connectivity index (χ0v) is 14.7. The van der Waals surface area contributed by atoms with Crippen molar-refractivity contribution in [1.82, 2.24) is 5.32 Å². The monoisotopic (exact) mass is 359 g/mol. The number of anilines is 1. The highest BCUT2D eigenvalue weighted by Crippen LogP contribution is 2.26. The SMILES string of the molecule is CCNC(=O)c1ccc(Cl)cc1NC(=O)C1CCCC(N)C1.Cl. The largest absolute Gasteiger partial charge is 0.352 e. The zero-order chi connectivity index (χ0) is 16.1. The topological polar surface area (TPSA) is 84.2 Å². The molecule has 1 aliphatic carbocycles. The van der Waals surface area contributed by atoms with Crippen LogP contribution in [0.25, 0.3) is 0 Å². The van der Waals surface area contributed by atoms with Gasteiger partial charge in [0.15, 0.2) is 0 Å². The van der Waals surface area contributed by atoms with Crippen molar-refractivity contribution in [2.75, 3.05) is 11.9 Å². The first-order valence-corrected chi connectivity index (χ1v) is 8.03. The van der Waals surface area contributed by atoms with Gasteiger partial charge in [-0.25, -0.2) is 0 Å². The van der Waals surface area contributed by atoms with Gasteiger partial charge in [-0.3, -0.25) is 9.59 Å². The number of amides is 2. The van der Waals surface area contributed by atoms with Gasteiger partial charge in [-0.1, -0.05) is 18.0 Å². The average Bonchev–Trinajstić information content (AvgIpc) is 2.47. The van der Waals surface area contributed by atoms with Gasteiger partial charge < -0.3 is 16.4 Å². The predicted molar refractivity (Wildman–Crippen MR) is 95.3 cm³/mol. The number of carbonyl (C=O) groups is 2. The number of rotatable bonds is 4. The van der Waals surface area contributed by atoms with Crippen LogP contribution in [0.1, 0.15) is 43.0 Å². The highest BCUT2D eigenvalue weighted by Gasteiger charge is 2.26. The van der Waals surface area contributed by atoms with Crippen LogP contribution >= 0.6 is 24.0 Å². The van der Waals surface area contributed by atoms with E-state index < -0.39 is 0 Å². The Hall–Kier alpha value is -1.30. The van der Waals surface area contributed by atoms with Crippen LogP contribution in [0.5, 0.6) is 0 Å². The quantitative estimate of drug-likeness (QED) is 0.772. The molecular formula is C16H23Cl2N3O2. The summed E-state index contributed by atoms with van der Waals surface area (Å²) in [7, 11) is 0. The summed E-state index contributed by atoms with van der Waals surface area (Å²) in [5.41, 5.74) is 6.80. The van der Waals surface area contributed by atoms with Gasteiger partial charge in [0, 0.05) is 23.5 Å². The molecular weight excluding hydrogens is 337 g/mol. The molecule has 0 heterocycles. The molecule has 7 heteroatoms. The summed E-state index contributed by atoms with van der Waals surface area (Å²) in [5.74, 6) is -0.428. The van der Waals surface area contributed by atoms with Gasteiger partial charge in [-0.2, -0.15) is 0 Å². The highest BCUT2D eigenvalue weighted by molar-refractivity contribution is 6.31. The molecule has 0 spiro atoms. The summed E-state index contributed by atoms with van der Waals surface area (Å²) in [4.78, 5) is 24.5. The first kappa shape index (κ1) is 19.7. The van der Waals surface area contributed by atoms with Gasteiger partial charge in [-0.05, 0) is 44.4 Å². The van der Waals surface area contributed by atoms with Gasteiger partial charge in [0.25, 0.3) is 5.91 Å². The zero-order valence-electron chi connectivity index (χ0n) is 13.1. The molecule has 2 amide bonds. The van der Waals surface area contributed by atoms with E-state index in [1.54, 1.807) is 18.2 Å². The molecule has 23 heavy (non-hydrogen) atoms. The van der Waals surface area contributed by atoms with Gasteiger partial charge in [0.05, 0.1) is 11.3 Å². The van der Waals surface area contributed by atoms with Gasteiger partial charge in [0.2, 0.25) is 5.91 Å². The minimum absolute atomic E-state index is 0. The average molecular weight is 360 g/mol. The summed E-state index contributed by atoms with van der Waals surface area (Å²) in [6.07, 6.45) is 3.43. The fraction of sp³-hybridized carbons (Fsp3) is 0.500. The molecule has 0 saturated heterocycles. The van der Waals surface area contributed by atoms with Crippen molar-refractivity contribution in [2.24, 2.45) is 11.7 Å². The molecule has 0 bridgehead atoms. The van der Waals surface area contributed by atoms with E-state index in [9.17, 15) is 9.59 Å². The van der Waals surface area contributed by atoms with E-state index in [-0.39, 0.29) is 36.2 Å². The number of benzene rings is 1. The lowest BCUT2D eigenvalue weighted by Crippen LogP contribution is -2.34. The number of halogens is 2. The Morgan fingerprint density at radius 1 is 1.35 bits per heavy atom. The maximum Gasteiger partial charge on any atom is 0.253 e. The molecule has 4 N–H and O–H groups in total. The maximum atomic E-state index is 12.4. The number of hydrogen-bond acceptors (Lipinski definition) is 3. The first-order chi connectivity index (χ1) is 10.5. The van der Waals surface area contributed by atoms with Crippen LogP contribution < -0.4 is 16.4 Å². The molecule has 1 aromatic carbocycles. The Kier molecular flexibility index (Phi) is 7.82. The lowest BCUT2D eigenvalue weighted by molar-refractivity contribution is -0.120. The molecule has 1 aliphatic rings. The summed E-state index contributed by atoms with van der Waals surface area (Å²) in [6, 6.07) is 4.94. The van der Waals surface area contributed by atoms with E-state index in [0.717, 1.165) is 19.3 Å². The minimum Gasteiger partial charge on any atom is -0.352 e. The second-order valence-electron chi connectivity index (χ2n) is 5.66. The lowest BCUT2D eigenvalue weighted by atomic mass is 9.85. The van der Waals surface area contributed by atoms with Crippen LogP contribution in [-0.4, -0.2) is 24.4 Å². The second kappa shape index (κ2) is 9.11. The van der Waals surface area contributed by atoms with E-state index in [4.69, 9.17) is 17.3 Å². The van der Waals surface area contributed by atoms with Crippen molar-refractivity contribution in [3.63, 3.8) is 0 Å². The van der Waals surface area contributed by atoms with E-state index in [2.05, 4.69) is 10.6 Å². The summed E-state index contributed by atoms with van der Waals surface area (Å²) in [5, 5.41) is 6.05. The van der Waals surface area contributed by atoms with E-state index in [1.165, 1.54) is 0 Å². The number of nitrogens with two attached hydrogens (primary N) is 1. The van der Waals surface area contributed by atoms with Crippen molar-refractivity contribution in [1.29, 1.82) is 0 Å². The van der Waals surface area contributed by atoms with E-state index >= 15 is 0 Å². The van der Waals surface area contributed by atoms with Gasteiger partial charge >= 0.3 is 0 Å². The molecule has 1 aromatic rings. The number of hydrogen-bond donors (Lipinski definition) is 3. The Bertz CT molecular complexity index is 566. The molecule has 2 atom stereocenters. The predicted octanol–water partition coefficient (Wildman–Crippen LogP) is 2.97. The molecule has 0 aromatic heterocycles. The second-order valence-corrected chi connectivity index (χ2v) is 6.10. The van der Waals surface area contributed by atoms with Crippen LogP contribution in [0.15, 0.2) is 18.2 Å². The fourth-order valence-corrected chi connectivity index (χ4v) is 2.95. The van der Waals surface area contributed by atoms with Gasteiger partial charge in [-0.15, -0.1) is 12.4 Å². The Morgan fingerprint density at radius 2 is 2.09 bits per heavy atom. The number of carbonyl (C=O) groups excluding carboxylic acids is 2. The normalized spacial score (nSPS) is 20.3. The lowest BCUT2D eigenvalue weighted by Gasteiger charge is -2.26. The van der Waals surface area contributed by atoms with Crippen LogP contribution in [0, 0.1) is 5.92 Å². The molecule has 1 saturated carbocycles. The number of nitrogens with one attached hydrogen (secondary N) is 2. The van der Waals surface area contributed by atoms with Crippen molar-refractivity contribution in [2.45, 2.75) is 38.6 Å². The Morgan fingerprint density at radius 3 is 2.74 bits per heavy atom. The third-order valence-electron chi connectivity index (χ3n) is 3.91. The van der Waals surface area contributed by atoms with Gasteiger partial charge in [0.1, 0.15) is 0 Å². The van der Waals surface area contributed by atoms with Crippen LogP contribution in [0.3, 0.4) is 0 Å². The first-order valence-electron chi connectivity index (χ1n) is 7.65. The summed E-state index contributed by atoms with van der Waals surface area (Å²) in [6.45, 7) is 2.36. The third-order valence-corrected chi connectivity index (χ3v) is 4.14. The molecule has 5 nitrogen and oxygen atoms in total. The fourth-order valence-electron chi connectivity index (χ4n) is 2.77. The molecule has 0 aliphatic heterocycles. The van der Waals surface area contributed by atoms with Crippen LogP contribution in [-0.2, 0) is 4.79 Å². The van der Waals surface area contributed by atoms with Crippen molar-refractivity contribution in [3.05, 3.63) is 28.8 Å². The molecule has 2 unspecified atom stereocenters. The standard InChI is InChI=1S/C16H22ClN3O2.ClH/c1-2-19-16(22)13-7-6-11(17)9-14(13)20-15(21)10-4-3-5-12(18)8-10;/h6-7,9-10,12H,2-5,8,18H2,1H3,(H,19,22)(H,20,21);1H. The highest BCUT2D eigenvalue weighted by atomic mass is 35.5. The van der Waals surface area contributed by atoms with Crippen molar-refractivity contribution in [3.8, 4) is 0 Å².